The van der Waals surface area contributed by atoms with Gasteiger partial charge >= 0.3 is 0 Å². The normalized spacial score (nSPS) is 10.4. The van der Waals surface area contributed by atoms with Crippen molar-refractivity contribution in [3.63, 3.8) is 0 Å². The molecular weight excluding hydrogens is 254 g/mol. The Hall–Kier alpha value is -1.55. The van der Waals surface area contributed by atoms with Gasteiger partial charge in [-0.1, -0.05) is 6.92 Å². The van der Waals surface area contributed by atoms with E-state index in [1.165, 1.54) is 0 Å². The van der Waals surface area contributed by atoms with Gasteiger partial charge in [0, 0.05) is 30.8 Å². The lowest BCUT2D eigenvalue weighted by Gasteiger charge is -2.19. The minimum absolute atomic E-state index is 0.0504. The number of benzene rings is 1. The Morgan fingerprint density at radius 3 is 2.45 bits per heavy atom. The Labute approximate surface area is 121 Å². The number of amides is 1. The smallest absolute Gasteiger partial charge is 0.253 e. The molecule has 0 atom stereocenters. The molecule has 0 aliphatic carbocycles. The lowest BCUT2D eigenvalue weighted by molar-refractivity contribution is 0.0772. The lowest BCUT2D eigenvalue weighted by atomic mass is 10.1. The number of rotatable bonds is 8. The topological polar surface area (TPSA) is 38.8 Å². The van der Waals surface area contributed by atoms with Crippen molar-refractivity contribution in [2.45, 2.75) is 33.8 Å². The molecule has 0 saturated heterocycles. The summed E-state index contributed by atoms with van der Waals surface area (Å²) in [5.41, 5.74) is 1.60. The largest absolute Gasteiger partial charge is 0.496 e. The highest BCUT2D eigenvalue weighted by Crippen LogP contribution is 2.21. The van der Waals surface area contributed by atoms with Crippen molar-refractivity contribution < 1.29 is 14.3 Å². The molecule has 1 amide bonds. The highest BCUT2D eigenvalue weighted by molar-refractivity contribution is 5.94. The van der Waals surface area contributed by atoms with Crippen LogP contribution in [0.15, 0.2) is 18.2 Å². The number of nitrogens with zero attached hydrogens (tertiary/aromatic N) is 1. The van der Waals surface area contributed by atoms with Crippen LogP contribution in [0.3, 0.4) is 0 Å². The first-order valence-corrected chi connectivity index (χ1v) is 7.21. The van der Waals surface area contributed by atoms with Gasteiger partial charge in [-0.05, 0) is 38.5 Å². The Kier molecular flexibility index (Phi) is 7.09. The van der Waals surface area contributed by atoms with Crippen LogP contribution in [0.4, 0.5) is 0 Å². The Balaban J connectivity index is 2.93. The first-order chi connectivity index (χ1) is 9.67. The molecule has 0 bridgehead atoms. The summed E-state index contributed by atoms with van der Waals surface area (Å²) in [6.45, 7) is 8.63. The molecule has 0 heterocycles. The van der Waals surface area contributed by atoms with Gasteiger partial charge in [0.15, 0.2) is 0 Å². The van der Waals surface area contributed by atoms with Gasteiger partial charge in [0.05, 0.1) is 13.7 Å². The SMILES string of the molecule is CCCOCc1cc(C(=O)N(CC)CC)ccc1OC. The van der Waals surface area contributed by atoms with Gasteiger partial charge < -0.3 is 14.4 Å². The molecule has 4 nitrogen and oxygen atoms in total. The maximum Gasteiger partial charge on any atom is 0.253 e. The molecule has 0 aliphatic heterocycles. The van der Waals surface area contributed by atoms with Crippen LogP contribution in [0.25, 0.3) is 0 Å². The van der Waals surface area contributed by atoms with Gasteiger partial charge in [-0.15, -0.1) is 0 Å². The summed E-state index contributed by atoms with van der Waals surface area (Å²) >= 11 is 0. The van der Waals surface area contributed by atoms with Gasteiger partial charge in [0.25, 0.3) is 5.91 Å². The number of carbonyl (C=O) groups is 1. The summed E-state index contributed by atoms with van der Waals surface area (Å²) in [6.07, 6.45) is 0.973. The zero-order valence-corrected chi connectivity index (χ0v) is 12.9. The van der Waals surface area contributed by atoms with Gasteiger partial charge in [0.1, 0.15) is 5.75 Å². The molecule has 0 aromatic heterocycles. The van der Waals surface area contributed by atoms with E-state index in [4.69, 9.17) is 9.47 Å². The molecule has 1 aromatic carbocycles. The van der Waals surface area contributed by atoms with Gasteiger partial charge in [0.2, 0.25) is 0 Å². The van der Waals surface area contributed by atoms with Crippen LogP contribution in [0.2, 0.25) is 0 Å². The maximum absolute atomic E-state index is 12.3. The van der Waals surface area contributed by atoms with Crippen LogP contribution in [0.1, 0.15) is 43.1 Å². The predicted molar refractivity (Wildman–Crippen MR) is 80.2 cm³/mol. The summed E-state index contributed by atoms with van der Waals surface area (Å²) < 4.78 is 10.9. The van der Waals surface area contributed by atoms with E-state index < -0.39 is 0 Å². The third-order valence-corrected chi connectivity index (χ3v) is 3.18. The van der Waals surface area contributed by atoms with Crippen LogP contribution < -0.4 is 4.74 Å². The number of carbonyl (C=O) groups excluding carboxylic acids is 1. The molecule has 0 aliphatic rings. The van der Waals surface area contributed by atoms with E-state index in [9.17, 15) is 4.79 Å². The summed E-state index contributed by atoms with van der Waals surface area (Å²) in [5.74, 6) is 0.812. The monoisotopic (exact) mass is 279 g/mol. The second-order valence-electron chi connectivity index (χ2n) is 4.56. The van der Waals surface area contributed by atoms with Gasteiger partial charge in [-0.2, -0.15) is 0 Å². The third-order valence-electron chi connectivity index (χ3n) is 3.18. The zero-order chi connectivity index (χ0) is 15.0. The van der Waals surface area contributed by atoms with Crippen molar-refractivity contribution in [3.8, 4) is 5.75 Å². The Morgan fingerprint density at radius 1 is 1.20 bits per heavy atom. The van der Waals surface area contributed by atoms with E-state index in [0.29, 0.717) is 31.9 Å². The average Bonchev–Trinajstić information content (AvgIpc) is 2.48. The zero-order valence-electron chi connectivity index (χ0n) is 12.9. The number of methoxy groups -OCH3 is 1. The Morgan fingerprint density at radius 2 is 1.90 bits per heavy atom. The van der Waals surface area contributed by atoms with Crippen molar-refractivity contribution in [3.05, 3.63) is 29.3 Å². The summed E-state index contributed by atoms with van der Waals surface area (Å²) in [5, 5.41) is 0. The molecule has 1 aromatic rings. The van der Waals surface area contributed by atoms with Crippen molar-refractivity contribution in [1.82, 2.24) is 4.90 Å². The van der Waals surface area contributed by atoms with Crippen molar-refractivity contribution >= 4 is 5.91 Å². The van der Waals surface area contributed by atoms with Crippen LogP contribution in [0, 0.1) is 0 Å². The number of hydrogen-bond donors (Lipinski definition) is 0. The maximum atomic E-state index is 12.3. The average molecular weight is 279 g/mol. The molecule has 112 valence electrons. The summed E-state index contributed by atoms with van der Waals surface area (Å²) in [6, 6.07) is 5.51. The molecule has 0 N–H and O–H groups in total. The van der Waals surface area contributed by atoms with E-state index >= 15 is 0 Å². The second-order valence-corrected chi connectivity index (χ2v) is 4.56. The summed E-state index contributed by atoms with van der Waals surface area (Å²) in [7, 11) is 1.63. The first-order valence-electron chi connectivity index (χ1n) is 7.21. The van der Waals surface area contributed by atoms with E-state index in [2.05, 4.69) is 6.92 Å². The highest BCUT2D eigenvalue weighted by Gasteiger charge is 2.14. The molecule has 4 heteroatoms. The fourth-order valence-electron chi connectivity index (χ4n) is 2.04. The molecule has 1 rings (SSSR count). The lowest BCUT2D eigenvalue weighted by Crippen LogP contribution is -2.30. The standard InChI is InChI=1S/C16H25NO3/c1-5-10-20-12-14-11-13(8-9-15(14)19-4)16(18)17(6-2)7-3/h8-9,11H,5-7,10,12H2,1-4H3. The minimum Gasteiger partial charge on any atom is -0.496 e. The predicted octanol–water partition coefficient (Wildman–Crippen LogP) is 3.10. The van der Waals surface area contributed by atoms with Crippen molar-refractivity contribution in [2.24, 2.45) is 0 Å². The molecule has 0 saturated carbocycles. The van der Waals surface area contributed by atoms with Crippen molar-refractivity contribution in [2.75, 3.05) is 26.8 Å². The van der Waals surface area contributed by atoms with Crippen LogP contribution in [0.5, 0.6) is 5.75 Å². The van der Waals surface area contributed by atoms with E-state index in [0.717, 1.165) is 17.7 Å². The summed E-state index contributed by atoms with van der Waals surface area (Å²) in [4.78, 5) is 14.1. The van der Waals surface area contributed by atoms with Crippen molar-refractivity contribution in [1.29, 1.82) is 0 Å². The molecule has 0 fully saturated rings. The molecule has 0 radical (unpaired) electrons. The van der Waals surface area contributed by atoms with Gasteiger partial charge in [-0.25, -0.2) is 0 Å². The molecular formula is C16H25NO3. The van der Waals surface area contributed by atoms with E-state index in [1.54, 1.807) is 12.0 Å². The quantitative estimate of drug-likeness (QED) is 0.686. The first kappa shape index (κ1) is 16.5. The Bertz CT molecular complexity index is 428. The molecule has 0 spiro atoms. The number of ether oxygens (including phenoxy) is 2. The van der Waals surface area contributed by atoms with Crippen LogP contribution >= 0.6 is 0 Å². The van der Waals surface area contributed by atoms with E-state index in [1.807, 2.05) is 32.0 Å². The number of hydrogen-bond acceptors (Lipinski definition) is 3. The van der Waals surface area contributed by atoms with Gasteiger partial charge in [-0.3, -0.25) is 4.79 Å². The minimum atomic E-state index is 0.0504. The van der Waals surface area contributed by atoms with Crippen LogP contribution in [-0.4, -0.2) is 37.6 Å². The fourth-order valence-corrected chi connectivity index (χ4v) is 2.04. The van der Waals surface area contributed by atoms with Crippen LogP contribution in [-0.2, 0) is 11.3 Å². The highest BCUT2D eigenvalue weighted by atomic mass is 16.5. The third kappa shape index (κ3) is 4.23. The molecule has 0 unspecified atom stereocenters. The fraction of sp³-hybridized carbons (Fsp3) is 0.562. The molecule has 20 heavy (non-hydrogen) atoms. The second kappa shape index (κ2) is 8.59. The van der Waals surface area contributed by atoms with E-state index in [-0.39, 0.29) is 5.91 Å².